The van der Waals surface area contributed by atoms with E-state index in [1.165, 1.54) is 37.4 Å². The van der Waals surface area contributed by atoms with Gasteiger partial charge in [-0.15, -0.1) is 0 Å². The average Bonchev–Trinajstić information content (AvgIpc) is 2.74. The average molecular weight is 440 g/mol. The van der Waals surface area contributed by atoms with Crippen LogP contribution < -0.4 is 9.64 Å². The predicted octanol–water partition coefficient (Wildman–Crippen LogP) is 7.07. The lowest BCUT2D eigenvalue weighted by molar-refractivity contribution is 0.479. The van der Waals surface area contributed by atoms with E-state index < -0.39 is 29.0 Å². The second-order valence-electron chi connectivity index (χ2n) is 7.47. The maximum absolute atomic E-state index is 15.5. The van der Waals surface area contributed by atoms with Crippen LogP contribution in [-0.2, 0) is 0 Å². The van der Waals surface area contributed by atoms with E-state index >= 15 is 8.78 Å². The highest BCUT2D eigenvalue weighted by atomic mass is 19.1. The zero-order valence-electron chi connectivity index (χ0n) is 17.7. The van der Waals surface area contributed by atoms with Crippen LogP contribution in [0.1, 0.15) is 18.9 Å². The number of nitrogens with zero attached hydrogens (tertiary/aromatic N) is 2. The van der Waals surface area contributed by atoms with Crippen LogP contribution >= 0.6 is 0 Å². The molecule has 0 aliphatic carbocycles. The van der Waals surface area contributed by atoms with Gasteiger partial charge in [0.05, 0.1) is 5.69 Å². The first-order chi connectivity index (χ1) is 15.3. The predicted molar refractivity (Wildman–Crippen MR) is 117 cm³/mol. The minimum Gasteiger partial charge on any atom is -0.436 e. The van der Waals surface area contributed by atoms with Crippen LogP contribution in [0.2, 0.25) is 0 Å². The van der Waals surface area contributed by atoms with Gasteiger partial charge in [0.2, 0.25) is 5.90 Å². The third-order valence-electron chi connectivity index (χ3n) is 5.26. The van der Waals surface area contributed by atoms with Crippen LogP contribution in [0.3, 0.4) is 0 Å². The van der Waals surface area contributed by atoms with Crippen LogP contribution in [0.25, 0.3) is 11.1 Å². The number of halogens is 4. The smallest absolute Gasteiger partial charge is 0.224 e. The lowest BCUT2D eigenvalue weighted by Gasteiger charge is -2.24. The Bertz CT molecular complexity index is 1270. The van der Waals surface area contributed by atoms with E-state index in [4.69, 9.17) is 4.74 Å². The molecule has 0 radical (unpaired) electrons. The number of hydrogen-bond acceptors (Lipinski definition) is 3. The fourth-order valence-corrected chi connectivity index (χ4v) is 3.54. The van der Waals surface area contributed by atoms with Gasteiger partial charge >= 0.3 is 0 Å². The molecule has 1 aliphatic rings. The molecule has 1 aliphatic heterocycles. The fourth-order valence-electron chi connectivity index (χ4n) is 3.54. The van der Waals surface area contributed by atoms with Crippen molar-refractivity contribution in [1.82, 2.24) is 0 Å². The third kappa shape index (κ3) is 3.86. The summed E-state index contributed by atoms with van der Waals surface area (Å²) >= 11 is 0. The van der Waals surface area contributed by atoms with Gasteiger partial charge in [0.1, 0.15) is 17.3 Å². The van der Waals surface area contributed by atoms with Crippen molar-refractivity contribution in [1.29, 1.82) is 0 Å². The van der Waals surface area contributed by atoms with Crippen molar-refractivity contribution >= 4 is 17.3 Å². The largest absolute Gasteiger partial charge is 0.436 e. The lowest BCUT2D eigenvalue weighted by Crippen LogP contribution is -2.19. The SMILES string of the molecule is CCC1=CN=C1Oc1ccc(F)c(N(C)c2cc(C)cc(-c3cccc(F)c3)c2F)c1F. The first kappa shape index (κ1) is 21.6. The Morgan fingerprint density at radius 2 is 1.75 bits per heavy atom. The van der Waals surface area contributed by atoms with E-state index in [1.54, 1.807) is 25.3 Å². The van der Waals surface area contributed by atoms with Crippen LogP contribution in [-0.4, -0.2) is 12.9 Å². The highest BCUT2D eigenvalue weighted by Gasteiger charge is 2.25. The van der Waals surface area contributed by atoms with Gasteiger partial charge in [0.15, 0.2) is 17.4 Å². The number of hydrogen-bond donors (Lipinski definition) is 0. The first-order valence-corrected chi connectivity index (χ1v) is 10.0. The molecule has 0 unspecified atom stereocenters. The first-order valence-electron chi connectivity index (χ1n) is 10.0. The summed E-state index contributed by atoms with van der Waals surface area (Å²) in [5.41, 5.74) is 1.37. The highest BCUT2D eigenvalue weighted by molar-refractivity contribution is 5.99. The van der Waals surface area contributed by atoms with Crippen LogP contribution in [0.4, 0.5) is 28.9 Å². The summed E-state index contributed by atoms with van der Waals surface area (Å²) in [4.78, 5) is 5.04. The zero-order chi connectivity index (χ0) is 23.0. The molecule has 0 atom stereocenters. The van der Waals surface area contributed by atoms with Gasteiger partial charge in [-0.05, 0) is 60.9 Å². The van der Waals surface area contributed by atoms with Crippen LogP contribution in [0.5, 0.6) is 5.75 Å². The van der Waals surface area contributed by atoms with Gasteiger partial charge in [-0.25, -0.2) is 22.6 Å². The molecular weight excluding hydrogens is 420 g/mol. The molecule has 0 saturated heterocycles. The molecule has 0 aromatic heterocycles. The van der Waals surface area contributed by atoms with Gasteiger partial charge in [0, 0.05) is 24.4 Å². The van der Waals surface area contributed by atoms with Gasteiger partial charge < -0.3 is 9.64 Å². The molecule has 4 rings (SSSR count). The molecule has 3 nitrogen and oxygen atoms in total. The number of aryl methyl sites for hydroxylation is 1. The Balaban J connectivity index is 1.76. The molecule has 32 heavy (non-hydrogen) atoms. The molecule has 164 valence electrons. The molecule has 3 aromatic rings. The summed E-state index contributed by atoms with van der Waals surface area (Å²) in [6.45, 7) is 3.62. The van der Waals surface area contributed by atoms with Gasteiger partial charge in [-0.2, -0.15) is 0 Å². The summed E-state index contributed by atoms with van der Waals surface area (Å²) in [5, 5.41) is 0. The molecule has 0 spiro atoms. The molecule has 0 saturated carbocycles. The summed E-state index contributed by atoms with van der Waals surface area (Å²) in [6.07, 6.45) is 2.27. The Morgan fingerprint density at radius 3 is 2.41 bits per heavy atom. The molecule has 1 heterocycles. The molecule has 0 N–H and O–H groups in total. The van der Waals surface area contributed by atoms with Crippen LogP contribution in [0, 0.1) is 30.2 Å². The van der Waals surface area contributed by atoms with Crippen molar-refractivity contribution < 1.29 is 22.3 Å². The van der Waals surface area contributed by atoms with E-state index in [2.05, 4.69) is 4.99 Å². The summed E-state index contributed by atoms with van der Waals surface area (Å²) in [7, 11) is 1.36. The van der Waals surface area contributed by atoms with Crippen molar-refractivity contribution in [3.8, 4) is 16.9 Å². The Kier molecular flexibility index (Phi) is 5.74. The van der Waals surface area contributed by atoms with E-state index in [0.29, 0.717) is 17.5 Å². The standard InChI is InChI=1S/C25H20F4N2O/c1-4-15-13-30-25(15)32-21-9-8-19(27)24(23(21)29)31(3)20-11-14(2)10-18(22(20)28)16-6-5-7-17(26)12-16/h5-13H,4H2,1-3H3. The maximum atomic E-state index is 15.5. The summed E-state index contributed by atoms with van der Waals surface area (Å²) in [6, 6.07) is 10.7. The van der Waals surface area contributed by atoms with E-state index in [1.807, 2.05) is 6.92 Å². The molecule has 0 amide bonds. The Hall–Kier alpha value is -3.61. The number of rotatable bonds is 5. The summed E-state index contributed by atoms with van der Waals surface area (Å²) < 4.78 is 64.6. The van der Waals surface area contributed by atoms with Gasteiger partial charge in [0.25, 0.3) is 0 Å². The number of anilines is 2. The molecule has 0 bridgehead atoms. The minimum atomic E-state index is -0.981. The third-order valence-corrected chi connectivity index (χ3v) is 5.26. The van der Waals surface area contributed by atoms with E-state index in [9.17, 15) is 8.78 Å². The maximum Gasteiger partial charge on any atom is 0.224 e. The van der Waals surface area contributed by atoms with Crippen molar-refractivity contribution in [3.05, 3.63) is 89.1 Å². The zero-order valence-corrected chi connectivity index (χ0v) is 17.7. The molecule has 0 fully saturated rings. The molecular formula is C25H20F4N2O. The topological polar surface area (TPSA) is 24.8 Å². The van der Waals surface area contributed by atoms with Crippen molar-refractivity contribution in [2.24, 2.45) is 4.99 Å². The Labute approximate surface area is 183 Å². The number of aliphatic imine (C=N–C) groups is 1. The van der Waals surface area contributed by atoms with Gasteiger partial charge in [-0.1, -0.05) is 19.1 Å². The highest BCUT2D eigenvalue weighted by Crippen LogP contribution is 2.39. The quantitative estimate of drug-likeness (QED) is 0.397. The monoisotopic (exact) mass is 440 g/mol. The van der Waals surface area contributed by atoms with E-state index in [0.717, 1.165) is 16.5 Å². The molecule has 3 aromatic carbocycles. The van der Waals surface area contributed by atoms with Gasteiger partial charge in [-0.3, -0.25) is 0 Å². The van der Waals surface area contributed by atoms with Crippen molar-refractivity contribution in [2.75, 3.05) is 11.9 Å². The molecule has 7 heteroatoms. The normalized spacial score (nSPS) is 12.7. The number of ether oxygens (including phenoxy) is 1. The van der Waals surface area contributed by atoms with Crippen molar-refractivity contribution in [3.63, 3.8) is 0 Å². The number of benzene rings is 3. The minimum absolute atomic E-state index is 0.0608. The van der Waals surface area contributed by atoms with Crippen LogP contribution in [0.15, 0.2) is 65.3 Å². The van der Waals surface area contributed by atoms with E-state index in [-0.39, 0.29) is 22.9 Å². The second kappa shape index (κ2) is 8.49. The fraction of sp³-hybridized carbons (Fsp3) is 0.160. The van der Waals surface area contributed by atoms with Crippen molar-refractivity contribution in [2.45, 2.75) is 20.3 Å². The summed E-state index contributed by atoms with van der Waals surface area (Å²) in [5.74, 6) is -3.06. The Morgan fingerprint density at radius 1 is 0.969 bits per heavy atom. The second-order valence-corrected chi connectivity index (χ2v) is 7.47. The lowest BCUT2D eigenvalue weighted by atomic mass is 10.0.